The Morgan fingerprint density at radius 2 is 2.00 bits per heavy atom. The maximum absolute atomic E-state index is 10.8. The Kier molecular flexibility index (Phi) is 6.99. The third-order valence-electron chi connectivity index (χ3n) is 1.27. The number of azide groups is 1. The summed E-state index contributed by atoms with van der Waals surface area (Å²) < 4.78 is 0. The van der Waals surface area contributed by atoms with Crippen molar-refractivity contribution in [3.05, 3.63) is 46.3 Å². The highest BCUT2D eigenvalue weighted by molar-refractivity contribution is 5.94. The highest BCUT2D eigenvalue weighted by Gasteiger charge is 1.98. The van der Waals surface area contributed by atoms with E-state index in [1.807, 2.05) is 0 Å². The molecule has 0 fully saturated rings. The third kappa shape index (κ3) is 5.84. The summed E-state index contributed by atoms with van der Waals surface area (Å²) in [5.74, 6) is -0.548. The van der Waals surface area contributed by atoms with Crippen LogP contribution in [0, 0.1) is 0 Å². The van der Waals surface area contributed by atoms with E-state index in [0.29, 0.717) is 5.56 Å². The largest absolute Gasteiger partial charge is 0.411 e. The number of hydrogen-bond acceptors (Lipinski definition) is 3. The van der Waals surface area contributed by atoms with Gasteiger partial charge in [0, 0.05) is 16.7 Å². The van der Waals surface area contributed by atoms with Crippen LogP contribution in [0.5, 0.6) is 0 Å². The van der Waals surface area contributed by atoms with Crippen LogP contribution < -0.4 is 0 Å². The monoisotopic (exact) mass is 206 g/mol. The molecule has 0 saturated carbocycles. The second-order valence-electron chi connectivity index (χ2n) is 2.23. The summed E-state index contributed by atoms with van der Waals surface area (Å²) in [7, 11) is 0. The smallest absolute Gasteiger partial charge is 0.249 e. The predicted molar refractivity (Wildman–Crippen MR) is 55.9 cm³/mol. The summed E-state index contributed by atoms with van der Waals surface area (Å²) in [6, 6.07) is 8.39. The fraction of sp³-hybridized carbons (Fsp3) is 0.111. The average Bonchev–Trinajstić information content (AvgIpc) is 2.31. The molecular weight excluding hydrogens is 196 g/mol. The van der Waals surface area contributed by atoms with E-state index in [1.165, 1.54) is 6.21 Å². The molecule has 0 spiro atoms. The van der Waals surface area contributed by atoms with E-state index in [-0.39, 0.29) is 0 Å². The normalized spacial score (nSPS) is 8.60. The lowest BCUT2D eigenvalue weighted by atomic mass is 10.2. The molecule has 78 valence electrons. The summed E-state index contributed by atoms with van der Waals surface area (Å²) >= 11 is 0. The molecular formula is C9H10N4O2. The first-order valence-corrected chi connectivity index (χ1v) is 4.02. The van der Waals surface area contributed by atoms with Gasteiger partial charge in [0.2, 0.25) is 5.91 Å². The molecule has 1 aromatic carbocycles. The summed E-state index contributed by atoms with van der Waals surface area (Å²) in [4.78, 5) is 13.2. The van der Waals surface area contributed by atoms with Crippen molar-refractivity contribution in [3.8, 4) is 0 Å². The highest BCUT2D eigenvalue weighted by Crippen LogP contribution is 1.99. The molecule has 0 aliphatic heterocycles. The number of hydrogen-bond donors (Lipinski definition) is 1. The van der Waals surface area contributed by atoms with Gasteiger partial charge in [0.1, 0.15) is 0 Å². The molecule has 0 bridgehead atoms. The van der Waals surface area contributed by atoms with Crippen LogP contribution in [0.15, 0.2) is 40.6 Å². The molecule has 0 aromatic heterocycles. The van der Waals surface area contributed by atoms with Crippen molar-refractivity contribution >= 4 is 12.1 Å². The lowest BCUT2D eigenvalue weighted by Gasteiger charge is -1.89. The molecule has 6 nitrogen and oxygen atoms in total. The molecule has 0 radical (unpaired) electrons. The Balaban J connectivity index is 0.000000423. The van der Waals surface area contributed by atoms with E-state index >= 15 is 0 Å². The summed E-state index contributed by atoms with van der Waals surface area (Å²) in [5.41, 5.74) is 8.34. The minimum absolute atomic E-state index is 0.408. The van der Waals surface area contributed by atoms with Crippen LogP contribution in [-0.2, 0) is 0 Å². The van der Waals surface area contributed by atoms with Crippen LogP contribution in [0.2, 0.25) is 0 Å². The van der Waals surface area contributed by atoms with Gasteiger partial charge in [-0.05, 0) is 17.6 Å². The standard InChI is InChI=1S/C7H5N3O.C2H5NO/c8-10-9-7(11)6-4-2-1-3-5-6;1-2-3-4/h1-5H;2,4H,1H3/b;3-2+. The molecule has 1 aromatic rings. The zero-order valence-electron chi connectivity index (χ0n) is 8.11. The summed E-state index contributed by atoms with van der Waals surface area (Å²) in [6.45, 7) is 1.64. The van der Waals surface area contributed by atoms with Crippen LogP contribution in [0.25, 0.3) is 10.4 Å². The first kappa shape index (κ1) is 12.7. The van der Waals surface area contributed by atoms with Gasteiger partial charge in [-0.2, -0.15) is 0 Å². The molecule has 0 atom stereocenters. The molecule has 6 heteroatoms. The van der Waals surface area contributed by atoms with Crippen LogP contribution in [0.3, 0.4) is 0 Å². The second kappa shape index (κ2) is 8.28. The molecule has 0 aliphatic rings. The molecule has 0 aliphatic carbocycles. The van der Waals surface area contributed by atoms with Gasteiger partial charge in [0.25, 0.3) is 0 Å². The van der Waals surface area contributed by atoms with Crippen molar-refractivity contribution in [2.45, 2.75) is 6.92 Å². The summed E-state index contributed by atoms with van der Waals surface area (Å²) in [6.07, 6.45) is 1.31. The first-order chi connectivity index (χ1) is 7.26. The molecule has 1 N–H and O–H groups in total. The van der Waals surface area contributed by atoms with Crippen molar-refractivity contribution in [2.75, 3.05) is 0 Å². The molecule has 1 rings (SSSR count). The number of oxime groups is 1. The number of amides is 1. The Morgan fingerprint density at radius 3 is 2.40 bits per heavy atom. The van der Waals surface area contributed by atoms with Crippen molar-refractivity contribution in [1.82, 2.24) is 0 Å². The zero-order valence-corrected chi connectivity index (χ0v) is 8.11. The third-order valence-corrected chi connectivity index (χ3v) is 1.27. The minimum atomic E-state index is -0.548. The number of carbonyl (C=O) groups is 1. The maximum atomic E-state index is 10.8. The van der Waals surface area contributed by atoms with Crippen LogP contribution in [0.4, 0.5) is 0 Å². The first-order valence-electron chi connectivity index (χ1n) is 4.02. The molecule has 15 heavy (non-hydrogen) atoms. The predicted octanol–water partition coefficient (Wildman–Crippen LogP) is 2.60. The van der Waals surface area contributed by atoms with E-state index in [9.17, 15) is 4.79 Å². The Labute approximate surface area is 86.5 Å². The second-order valence-corrected chi connectivity index (χ2v) is 2.23. The highest BCUT2D eigenvalue weighted by atomic mass is 16.4. The zero-order chi connectivity index (χ0) is 11.5. The number of carbonyl (C=O) groups excluding carboxylic acids is 1. The van der Waals surface area contributed by atoms with Crippen LogP contribution in [0.1, 0.15) is 17.3 Å². The van der Waals surface area contributed by atoms with Crippen molar-refractivity contribution < 1.29 is 10.0 Å². The van der Waals surface area contributed by atoms with Gasteiger partial charge in [0.05, 0.1) is 0 Å². The maximum Gasteiger partial charge on any atom is 0.249 e. The van der Waals surface area contributed by atoms with E-state index in [4.69, 9.17) is 10.7 Å². The lowest BCUT2D eigenvalue weighted by Crippen LogP contribution is -1.90. The lowest BCUT2D eigenvalue weighted by molar-refractivity contribution is 0.100. The summed E-state index contributed by atoms with van der Waals surface area (Å²) in [5, 5.41) is 13.0. The fourth-order valence-corrected chi connectivity index (χ4v) is 0.679. The number of nitrogens with zero attached hydrogens (tertiary/aromatic N) is 4. The van der Waals surface area contributed by atoms with Gasteiger partial charge in [-0.15, -0.1) is 5.16 Å². The number of rotatable bonds is 1. The Hall–Kier alpha value is -2.33. The molecule has 0 unspecified atom stereocenters. The average molecular weight is 206 g/mol. The number of benzene rings is 1. The molecule has 1 amide bonds. The SMILES string of the molecule is C/C=N/O.[N-]=[N+]=NC(=O)c1ccccc1. The van der Waals surface area contributed by atoms with Gasteiger partial charge >= 0.3 is 0 Å². The topological polar surface area (TPSA) is 98.4 Å². The van der Waals surface area contributed by atoms with Gasteiger partial charge in [-0.25, -0.2) is 0 Å². The van der Waals surface area contributed by atoms with Crippen molar-refractivity contribution in [1.29, 1.82) is 0 Å². The molecule has 0 saturated heterocycles. The molecule has 0 heterocycles. The van der Waals surface area contributed by atoms with Crippen molar-refractivity contribution in [3.63, 3.8) is 0 Å². The van der Waals surface area contributed by atoms with Gasteiger partial charge in [0.15, 0.2) is 0 Å². The van der Waals surface area contributed by atoms with Crippen LogP contribution >= 0.6 is 0 Å². The Morgan fingerprint density at radius 1 is 1.47 bits per heavy atom. The van der Waals surface area contributed by atoms with E-state index in [1.54, 1.807) is 37.3 Å². The van der Waals surface area contributed by atoms with E-state index in [2.05, 4.69) is 15.2 Å². The Bertz CT molecular complexity index is 365. The van der Waals surface area contributed by atoms with Crippen LogP contribution in [-0.4, -0.2) is 17.3 Å². The van der Waals surface area contributed by atoms with Crippen molar-refractivity contribution in [2.24, 2.45) is 10.3 Å². The van der Waals surface area contributed by atoms with Gasteiger partial charge < -0.3 is 5.21 Å². The van der Waals surface area contributed by atoms with E-state index in [0.717, 1.165) is 0 Å². The fourth-order valence-electron chi connectivity index (χ4n) is 0.679. The van der Waals surface area contributed by atoms with Gasteiger partial charge in [-0.3, -0.25) is 4.79 Å². The van der Waals surface area contributed by atoms with E-state index < -0.39 is 5.91 Å². The quantitative estimate of drug-likeness (QED) is 0.191. The van der Waals surface area contributed by atoms with Gasteiger partial charge in [-0.1, -0.05) is 30.3 Å². The minimum Gasteiger partial charge on any atom is -0.411 e.